The van der Waals surface area contributed by atoms with Gasteiger partial charge < -0.3 is 4.74 Å². The minimum atomic E-state index is -0.671. The van der Waals surface area contributed by atoms with Crippen molar-refractivity contribution >= 4 is 21.7 Å². The van der Waals surface area contributed by atoms with E-state index in [0.717, 1.165) is 38.5 Å². The van der Waals surface area contributed by atoms with Crippen LogP contribution in [0.1, 0.15) is 44.1 Å². The van der Waals surface area contributed by atoms with Gasteiger partial charge in [0.25, 0.3) is 0 Å². The smallest absolute Gasteiger partial charge is 0.168 e. The fourth-order valence-electron chi connectivity index (χ4n) is 2.96. The molecule has 0 amide bonds. The molecule has 0 bridgehead atoms. The number of ether oxygens (including phenoxy) is 1. The zero-order valence-corrected chi connectivity index (χ0v) is 13.3. The molecule has 1 aromatic carbocycles. The summed E-state index contributed by atoms with van der Waals surface area (Å²) in [5.41, 5.74) is 0.0255. The number of halogens is 2. The first-order chi connectivity index (χ1) is 9.55. The molecule has 0 aromatic heterocycles. The van der Waals surface area contributed by atoms with Crippen molar-refractivity contribution in [3.8, 4) is 0 Å². The lowest BCUT2D eigenvalue weighted by Gasteiger charge is -2.29. The second kappa shape index (κ2) is 6.81. The van der Waals surface area contributed by atoms with Gasteiger partial charge in [-0.3, -0.25) is 4.79 Å². The van der Waals surface area contributed by atoms with E-state index < -0.39 is 5.60 Å². The Hall–Kier alpha value is -0.740. The van der Waals surface area contributed by atoms with Crippen LogP contribution in [0.3, 0.4) is 0 Å². The van der Waals surface area contributed by atoms with Gasteiger partial charge in [-0.05, 0) is 36.6 Å². The minimum Gasteiger partial charge on any atom is -0.370 e. The fourth-order valence-corrected chi connectivity index (χ4v) is 3.47. The first-order valence-corrected chi connectivity index (χ1v) is 7.88. The molecule has 20 heavy (non-hydrogen) atoms. The number of rotatable bonds is 4. The molecule has 1 aliphatic carbocycles. The molecule has 0 spiro atoms. The van der Waals surface area contributed by atoms with Gasteiger partial charge in [0.1, 0.15) is 11.4 Å². The number of Topliss-reactive ketones (excluding diaryl/α,β-unsaturated/α-hetero) is 1. The Labute approximate surface area is 127 Å². The monoisotopic (exact) mass is 342 g/mol. The van der Waals surface area contributed by atoms with Crippen LogP contribution in [0, 0.1) is 5.82 Å². The molecule has 0 heterocycles. The van der Waals surface area contributed by atoms with Crippen LogP contribution in [-0.2, 0) is 16.0 Å². The summed E-state index contributed by atoms with van der Waals surface area (Å²) in [6.45, 7) is 0. The SMILES string of the molecule is COC1(C(=O)Cc2cc(F)cc(Br)c2)CCCCCC1. The van der Waals surface area contributed by atoms with E-state index in [4.69, 9.17) is 4.74 Å². The number of carbonyl (C=O) groups is 1. The van der Waals surface area contributed by atoms with Crippen molar-refractivity contribution < 1.29 is 13.9 Å². The van der Waals surface area contributed by atoms with Gasteiger partial charge in [0.05, 0.1) is 0 Å². The van der Waals surface area contributed by atoms with Crippen molar-refractivity contribution in [3.63, 3.8) is 0 Å². The highest BCUT2D eigenvalue weighted by molar-refractivity contribution is 9.10. The predicted molar refractivity (Wildman–Crippen MR) is 80.3 cm³/mol. The highest BCUT2D eigenvalue weighted by Gasteiger charge is 2.37. The van der Waals surface area contributed by atoms with E-state index in [0.29, 0.717) is 10.0 Å². The molecule has 0 N–H and O–H groups in total. The second-order valence-electron chi connectivity index (χ2n) is 5.49. The Balaban J connectivity index is 2.16. The molecule has 2 rings (SSSR count). The number of methoxy groups -OCH3 is 1. The van der Waals surface area contributed by atoms with Crippen LogP contribution >= 0.6 is 15.9 Å². The van der Waals surface area contributed by atoms with Crippen LogP contribution in [0.4, 0.5) is 4.39 Å². The summed E-state index contributed by atoms with van der Waals surface area (Å²) < 4.78 is 19.6. The molecule has 1 saturated carbocycles. The Morgan fingerprint density at radius 1 is 1.25 bits per heavy atom. The zero-order chi connectivity index (χ0) is 14.6. The van der Waals surface area contributed by atoms with Crippen LogP contribution < -0.4 is 0 Å². The van der Waals surface area contributed by atoms with Crippen LogP contribution in [0.2, 0.25) is 0 Å². The van der Waals surface area contributed by atoms with Gasteiger partial charge in [-0.2, -0.15) is 0 Å². The maximum absolute atomic E-state index is 13.4. The van der Waals surface area contributed by atoms with Gasteiger partial charge in [-0.15, -0.1) is 0 Å². The number of carbonyl (C=O) groups excluding carboxylic acids is 1. The molecule has 0 unspecified atom stereocenters. The zero-order valence-electron chi connectivity index (χ0n) is 11.8. The Morgan fingerprint density at radius 2 is 1.90 bits per heavy atom. The van der Waals surface area contributed by atoms with Gasteiger partial charge in [-0.1, -0.05) is 41.6 Å². The molecule has 4 heteroatoms. The first-order valence-electron chi connectivity index (χ1n) is 7.09. The Bertz CT molecular complexity index is 459. The summed E-state index contributed by atoms with van der Waals surface area (Å²) in [5.74, 6) is -0.256. The maximum Gasteiger partial charge on any atom is 0.168 e. The third kappa shape index (κ3) is 3.67. The molecular weight excluding hydrogens is 323 g/mol. The summed E-state index contributed by atoms with van der Waals surface area (Å²) >= 11 is 3.26. The van der Waals surface area contributed by atoms with Gasteiger partial charge in [0.15, 0.2) is 5.78 Å². The van der Waals surface area contributed by atoms with E-state index in [1.165, 1.54) is 12.1 Å². The van der Waals surface area contributed by atoms with Crippen molar-refractivity contribution in [3.05, 3.63) is 34.1 Å². The summed E-state index contributed by atoms with van der Waals surface area (Å²) in [5, 5.41) is 0. The van der Waals surface area contributed by atoms with Gasteiger partial charge >= 0.3 is 0 Å². The fraction of sp³-hybridized carbons (Fsp3) is 0.562. The average molecular weight is 343 g/mol. The number of benzene rings is 1. The quantitative estimate of drug-likeness (QED) is 0.756. The van der Waals surface area contributed by atoms with E-state index in [2.05, 4.69) is 15.9 Å². The van der Waals surface area contributed by atoms with Crippen molar-refractivity contribution in [1.82, 2.24) is 0 Å². The summed E-state index contributed by atoms with van der Waals surface area (Å²) in [6, 6.07) is 4.61. The lowest BCUT2D eigenvalue weighted by Crippen LogP contribution is -2.41. The molecule has 1 aliphatic rings. The van der Waals surface area contributed by atoms with Gasteiger partial charge in [0, 0.05) is 18.0 Å². The lowest BCUT2D eigenvalue weighted by atomic mass is 9.86. The van der Waals surface area contributed by atoms with Crippen molar-refractivity contribution in [2.24, 2.45) is 0 Å². The molecule has 110 valence electrons. The summed E-state index contributed by atoms with van der Waals surface area (Å²) in [4.78, 5) is 12.6. The third-order valence-corrected chi connectivity index (χ3v) is 4.56. The molecule has 0 aliphatic heterocycles. The van der Waals surface area contributed by atoms with Crippen LogP contribution in [0.15, 0.2) is 22.7 Å². The number of hydrogen-bond donors (Lipinski definition) is 0. The molecule has 2 nitrogen and oxygen atoms in total. The van der Waals surface area contributed by atoms with E-state index >= 15 is 0 Å². The van der Waals surface area contributed by atoms with Crippen molar-refractivity contribution in [2.45, 2.75) is 50.5 Å². The highest BCUT2D eigenvalue weighted by atomic mass is 79.9. The van der Waals surface area contributed by atoms with Gasteiger partial charge in [0.2, 0.25) is 0 Å². The highest BCUT2D eigenvalue weighted by Crippen LogP contribution is 2.32. The molecule has 0 radical (unpaired) electrons. The molecular formula is C16H20BrFO2. The summed E-state index contributed by atoms with van der Waals surface area (Å²) in [6.07, 6.45) is 6.13. The van der Waals surface area contributed by atoms with Crippen LogP contribution in [0.25, 0.3) is 0 Å². The molecule has 0 atom stereocenters. The van der Waals surface area contributed by atoms with E-state index in [-0.39, 0.29) is 18.0 Å². The normalized spacial score (nSPS) is 18.6. The average Bonchev–Trinajstić information content (AvgIpc) is 2.63. The maximum atomic E-state index is 13.4. The Kier molecular flexibility index (Phi) is 5.33. The number of hydrogen-bond acceptors (Lipinski definition) is 2. The van der Waals surface area contributed by atoms with Crippen molar-refractivity contribution in [2.75, 3.05) is 7.11 Å². The van der Waals surface area contributed by atoms with E-state index in [1.807, 2.05) is 0 Å². The topological polar surface area (TPSA) is 26.3 Å². The van der Waals surface area contributed by atoms with E-state index in [9.17, 15) is 9.18 Å². The second-order valence-corrected chi connectivity index (χ2v) is 6.41. The van der Waals surface area contributed by atoms with Crippen LogP contribution in [0.5, 0.6) is 0 Å². The van der Waals surface area contributed by atoms with Gasteiger partial charge in [-0.25, -0.2) is 4.39 Å². The lowest BCUT2D eigenvalue weighted by molar-refractivity contribution is -0.142. The van der Waals surface area contributed by atoms with E-state index in [1.54, 1.807) is 13.2 Å². The summed E-state index contributed by atoms with van der Waals surface area (Å²) in [7, 11) is 1.62. The van der Waals surface area contributed by atoms with Crippen LogP contribution in [-0.4, -0.2) is 18.5 Å². The minimum absolute atomic E-state index is 0.0689. The largest absolute Gasteiger partial charge is 0.370 e. The third-order valence-electron chi connectivity index (χ3n) is 4.10. The standard InChI is InChI=1S/C16H20BrFO2/c1-20-16(6-4-2-3-5-7-16)15(19)10-12-8-13(17)11-14(18)9-12/h8-9,11H,2-7,10H2,1H3. The number of ketones is 1. The predicted octanol–water partition coefficient (Wildman–Crippen LogP) is 4.44. The molecule has 1 fully saturated rings. The molecule has 0 saturated heterocycles. The first kappa shape index (κ1) is 15.6. The van der Waals surface area contributed by atoms with Crippen molar-refractivity contribution in [1.29, 1.82) is 0 Å². The Morgan fingerprint density at radius 3 is 2.45 bits per heavy atom. The molecule has 1 aromatic rings.